The molecule has 0 aliphatic carbocycles. The van der Waals surface area contributed by atoms with Crippen LogP contribution in [0.5, 0.6) is 0 Å². The molecule has 0 bridgehead atoms. The van der Waals surface area contributed by atoms with Crippen LogP contribution in [0, 0.1) is 5.92 Å². The van der Waals surface area contributed by atoms with Crippen LogP contribution in [0.4, 0.5) is 0 Å². The zero-order chi connectivity index (χ0) is 16.6. The zero-order valence-electron chi connectivity index (χ0n) is 14.4. The minimum absolute atomic E-state index is 0.645. The van der Waals surface area contributed by atoms with E-state index < -0.39 is 0 Å². The summed E-state index contributed by atoms with van der Waals surface area (Å²) < 4.78 is 0. The van der Waals surface area contributed by atoms with Crippen molar-refractivity contribution in [2.24, 2.45) is 10.9 Å². The van der Waals surface area contributed by atoms with Crippen LogP contribution in [0.3, 0.4) is 0 Å². The van der Waals surface area contributed by atoms with Crippen LogP contribution in [-0.4, -0.2) is 40.7 Å². The number of guanidine groups is 1. The third-order valence-electron chi connectivity index (χ3n) is 4.57. The van der Waals surface area contributed by atoms with Gasteiger partial charge in [0.25, 0.3) is 0 Å². The third kappa shape index (κ3) is 4.60. The molecule has 1 aromatic heterocycles. The lowest BCUT2D eigenvalue weighted by molar-refractivity contribution is 0.259. The lowest BCUT2D eigenvalue weighted by Gasteiger charge is -2.34. The first-order valence-electron chi connectivity index (χ1n) is 8.90. The first kappa shape index (κ1) is 16.6. The number of rotatable bonds is 5. The molecule has 2 heterocycles. The molecule has 5 nitrogen and oxygen atoms in total. The van der Waals surface area contributed by atoms with Crippen molar-refractivity contribution in [2.45, 2.75) is 32.7 Å². The fourth-order valence-corrected chi connectivity index (χ4v) is 3.25. The molecule has 1 aliphatic rings. The van der Waals surface area contributed by atoms with Gasteiger partial charge in [0, 0.05) is 25.8 Å². The normalized spacial score (nSPS) is 16.4. The van der Waals surface area contributed by atoms with Crippen molar-refractivity contribution < 1.29 is 0 Å². The van der Waals surface area contributed by atoms with Crippen LogP contribution >= 0.6 is 0 Å². The Bertz CT molecular complexity index is 612. The molecule has 0 radical (unpaired) electrons. The second kappa shape index (κ2) is 8.52. The maximum absolute atomic E-state index is 4.75. The molecule has 2 aromatic rings. The van der Waals surface area contributed by atoms with Crippen LogP contribution in [0.25, 0.3) is 0 Å². The molecule has 0 saturated carbocycles. The highest BCUT2D eigenvalue weighted by atomic mass is 15.3. The topological polar surface area (TPSA) is 56.3 Å². The molecule has 5 heteroatoms. The lowest BCUT2D eigenvalue weighted by atomic mass is 9.90. The predicted octanol–water partition coefficient (Wildman–Crippen LogP) is 2.83. The Morgan fingerprint density at radius 1 is 1.25 bits per heavy atom. The number of hydrogen-bond donors (Lipinski definition) is 2. The number of likely N-dealkylation sites (tertiary alicyclic amines) is 1. The van der Waals surface area contributed by atoms with E-state index in [0.29, 0.717) is 6.54 Å². The molecule has 1 aromatic carbocycles. The van der Waals surface area contributed by atoms with E-state index in [2.05, 4.69) is 57.7 Å². The number of nitrogens with zero attached hydrogens (tertiary/aromatic N) is 3. The molecule has 0 spiro atoms. The van der Waals surface area contributed by atoms with Crippen molar-refractivity contribution in [3.8, 4) is 0 Å². The number of aromatic nitrogens is 2. The minimum Gasteiger partial charge on any atom is -0.357 e. The van der Waals surface area contributed by atoms with E-state index in [1.807, 2.05) is 6.07 Å². The van der Waals surface area contributed by atoms with Gasteiger partial charge in [0.05, 0.1) is 12.2 Å². The van der Waals surface area contributed by atoms with Crippen LogP contribution in [0.1, 0.15) is 31.0 Å². The smallest absolute Gasteiger partial charge is 0.194 e. The highest BCUT2D eigenvalue weighted by Crippen LogP contribution is 2.21. The number of aromatic amines is 1. The third-order valence-corrected chi connectivity index (χ3v) is 4.57. The van der Waals surface area contributed by atoms with Gasteiger partial charge in [-0.15, -0.1) is 0 Å². The SMILES string of the molecule is CCNC(=NCc1ccn[nH]1)N1CCC(Cc2ccccc2)CC1. The van der Waals surface area contributed by atoms with Crippen LogP contribution in [0.2, 0.25) is 0 Å². The summed E-state index contributed by atoms with van der Waals surface area (Å²) >= 11 is 0. The minimum atomic E-state index is 0.645. The fraction of sp³-hybridized carbons (Fsp3) is 0.474. The van der Waals surface area contributed by atoms with E-state index >= 15 is 0 Å². The maximum Gasteiger partial charge on any atom is 0.194 e. The Morgan fingerprint density at radius 3 is 2.71 bits per heavy atom. The van der Waals surface area contributed by atoms with Gasteiger partial charge in [-0.05, 0) is 43.7 Å². The second-order valence-corrected chi connectivity index (χ2v) is 6.37. The first-order chi connectivity index (χ1) is 11.8. The van der Waals surface area contributed by atoms with Gasteiger partial charge in [-0.25, -0.2) is 4.99 Å². The van der Waals surface area contributed by atoms with E-state index in [9.17, 15) is 0 Å². The summed E-state index contributed by atoms with van der Waals surface area (Å²) in [5, 5.41) is 10.4. The summed E-state index contributed by atoms with van der Waals surface area (Å²) in [5.74, 6) is 1.80. The first-order valence-corrected chi connectivity index (χ1v) is 8.90. The number of piperidine rings is 1. The maximum atomic E-state index is 4.75. The van der Waals surface area contributed by atoms with Gasteiger partial charge < -0.3 is 10.2 Å². The molecule has 2 N–H and O–H groups in total. The average Bonchev–Trinajstić information content (AvgIpc) is 3.14. The Kier molecular flexibility index (Phi) is 5.88. The van der Waals surface area contributed by atoms with E-state index in [4.69, 9.17) is 4.99 Å². The summed E-state index contributed by atoms with van der Waals surface area (Å²) in [6, 6.07) is 12.8. The number of H-pyrrole nitrogens is 1. The summed E-state index contributed by atoms with van der Waals surface area (Å²) in [6.45, 7) is 5.81. The molecule has 1 saturated heterocycles. The zero-order valence-corrected chi connectivity index (χ0v) is 14.4. The van der Waals surface area contributed by atoms with Crippen LogP contribution < -0.4 is 5.32 Å². The van der Waals surface area contributed by atoms with Gasteiger partial charge >= 0.3 is 0 Å². The largest absolute Gasteiger partial charge is 0.357 e. The van der Waals surface area contributed by atoms with Gasteiger partial charge in [0.15, 0.2) is 5.96 Å². The van der Waals surface area contributed by atoms with E-state index in [0.717, 1.165) is 37.2 Å². The lowest BCUT2D eigenvalue weighted by Crippen LogP contribution is -2.45. The molecule has 1 aliphatic heterocycles. The van der Waals surface area contributed by atoms with Crippen molar-refractivity contribution in [3.05, 3.63) is 53.9 Å². The number of nitrogens with one attached hydrogen (secondary N) is 2. The van der Waals surface area contributed by atoms with Crippen LogP contribution in [0.15, 0.2) is 47.6 Å². The summed E-state index contributed by atoms with van der Waals surface area (Å²) in [4.78, 5) is 7.14. The van der Waals surface area contributed by atoms with E-state index in [-0.39, 0.29) is 0 Å². The van der Waals surface area contributed by atoms with Crippen molar-refractivity contribution in [2.75, 3.05) is 19.6 Å². The summed E-state index contributed by atoms with van der Waals surface area (Å²) in [6.07, 6.45) is 5.41. The monoisotopic (exact) mass is 325 g/mol. The molecule has 24 heavy (non-hydrogen) atoms. The molecule has 1 fully saturated rings. The van der Waals surface area contributed by atoms with Gasteiger partial charge in [-0.1, -0.05) is 30.3 Å². The average molecular weight is 325 g/mol. The van der Waals surface area contributed by atoms with Gasteiger partial charge in [-0.3, -0.25) is 5.10 Å². The van der Waals surface area contributed by atoms with Gasteiger partial charge in [0.2, 0.25) is 0 Å². The van der Waals surface area contributed by atoms with Crippen molar-refractivity contribution in [1.82, 2.24) is 20.4 Å². The Labute approximate surface area is 144 Å². The predicted molar refractivity (Wildman–Crippen MR) is 97.8 cm³/mol. The molecular weight excluding hydrogens is 298 g/mol. The standard InChI is InChI=1S/C19H27N5/c1-2-20-19(21-15-18-8-11-22-23-18)24-12-9-17(10-13-24)14-16-6-4-3-5-7-16/h3-8,11,17H,2,9-10,12-15H2,1H3,(H,20,21)(H,22,23). The second-order valence-electron chi connectivity index (χ2n) is 6.37. The fourth-order valence-electron chi connectivity index (χ4n) is 3.25. The number of aliphatic imine (C=N–C) groups is 1. The van der Waals surface area contributed by atoms with E-state index in [1.165, 1.54) is 24.8 Å². The molecule has 128 valence electrons. The molecule has 0 atom stereocenters. The molecule has 0 amide bonds. The summed E-state index contributed by atoms with van der Waals surface area (Å²) in [5.41, 5.74) is 2.50. The molecular formula is C19H27N5. The molecule has 0 unspecified atom stereocenters. The Balaban J connectivity index is 1.54. The highest BCUT2D eigenvalue weighted by molar-refractivity contribution is 5.80. The number of hydrogen-bond acceptors (Lipinski definition) is 2. The summed E-state index contributed by atoms with van der Waals surface area (Å²) in [7, 11) is 0. The quantitative estimate of drug-likeness (QED) is 0.656. The Hall–Kier alpha value is -2.30. The van der Waals surface area contributed by atoms with Crippen molar-refractivity contribution >= 4 is 5.96 Å². The van der Waals surface area contributed by atoms with Crippen molar-refractivity contribution in [3.63, 3.8) is 0 Å². The van der Waals surface area contributed by atoms with Gasteiger partial charge in [-0.2, -0.15) is 5.10 Å². The Morgan fingerprint density at radius 2 is 2.04 bits per heavy atom. The number of benzene rings is 1. The van der Waals surface area contributed by atoms with Crippen molar-refractivity contribution in [1.29, 1.82) is 0 Å². The van der Waals surface area contributed by atoms with Crippen LogP contribution in [-0.2, 0) is 13.0 Å². The van der Waals surface area contributed by atoms with Gasteiger partial charge in [0.1, 0.15) is 0 Å². The van der Waals surface area contributed by atoms with E-state index in [1.54, 1.807) is 6.20 Å². The molecule has 3 rings (SSSR count). The highest BCUT2D eigenvalue weighted by Gasteiger charge is 2.21.